The molecule has 0 amide bonds. The van der Waals surface area contributed by atoms with E-state index >= 15 is 0 Å². The summed E-state index contributed by atoms with van der Waals surface area (Å²) in [6.07, 6.45) is 0. The van der Waals surface area contributed by atoms with Gasteiger partial charge in [0.1, 0.15) is 13.2 Å². The molecule has 0 saturated carbocycles. The van der Waals surface area contributed by atoms with E-state index in [1.807, 2.05) is 0 Å². The fraction of sp³-hybridized carbons (Fsp3) is 1.00. The Morgan fingerprint density at radius 3 is 2.29 bits per heavy atom. The zero-order valence-electron chi connectivity index (χ0n) is 9.37. The number of rotatable bonds is 3. The van der Waals surface area contributed by atoms with Crippen LogP contribution in [0.15, 0.2) is 0 Å². The van der Waals surface area contributed by atoms with Crippen molar-refractivity contribution >= 4 is 19.3 Å². The first-order valence-electron chi connectivity index (χ1n) is 4.97. The third-order valence-corrected chi connectivity index (χ3v) is 4.47. The Balaban J connectivity index is 2.37. The fourth-order valence-corrected chi connectivity index (χ4v) is 3.41. The van der Waals surface area contributed by atoms with Crippen molar-refractivity contribution in [3.63, 3.8) is 0 Å². The summed E-state index contributed by atoms with van der Waals surface area (Å²) in [6.45, 7) is 10.8. The average molecular weight is 237 g/mol. The van der Waals surface area contributed by atoms with Crippen LogP contribution in [0.3, 0.4) is 0 Å². The van der Waals surface area contributed by atoms with Crippen molar-refractivity contribution in [3.05, 3.63) is 0 Å². The van der Waals surface area contributed by atoms with Crippen LogP contribution in [0.1, 0.15) is 27.7 Å². The minimum absolute atomic E-state index is 0.0990. The highest BCUT2D eigenvalue weighted by atomic mass is 32.7. The number of nitrogens with one attached hydrogen (secondary N) is 1. The Kier molecular flexibility index (Phi) is 4.24. The molecule has 3 nitrogen and oxygen atoms in total. The normalized spacial score (nSPS) is 25.3. The van der Waals surface area contributed by atoms with Gasteiger partial charge >= 0.3 is 0 Å². The zero-order valence-corrected chi connectivity index (χ0v) is 11.1. The summed E-state index contributed by atoms with van der Waals surface area (Å²) < 4.78 is 11.2. The molecule has 0 aliphatic carbocycles. The maximum Gasteiger partial charge on any atom is 0.228 e. The second kappa shape index (κ2) is 4.67. The molecule has 0 spiro atoms. The van der Waals surface area contributed by atoms with Crippen LogP contribution in [0.25, 0.3) is 0 Å². The van der Waals surface area contributed by atoms with E-state index < -0.39 is 7.07 Å². The van der Waals surface area contributed by atoms with Gasteiger partial charge in [-0.05, 0) is 5.92 Å². The third-order valence-electron chi connectivity index (χ3n) is 1.94. The predicted octanol–water partition coefficient (Wildman–Crippen LogP) is 2.53. The van der Waals surface area contributed by atoms with Crippen molar-refractivity contribution in [3.8, 4) is 0 Å². The first-order valence-corrected chi connectivity index (χ1v) is 7.61. The molecular weight excluding hydrogens is 217 g/mol. The first-order chi connectivity index (χ1) is 6.33. The molecule has 1 fully saturated rings. The lowest BCUT2D eigenvalue weighted by atomic mass is 9.97. The van der Waals surface area contributed by atoms with E-state index in [0.29, 0.717) is 19.1 Å². The zero-order chi connectivity index (χ0) is 10.8. The van der Waals surface area contributed by atoms with Gasteiger partial charge in [0.2, 0.25) is 7.07 Å². The van der Waals surface area contributed by atoms with E-state index in [-0.39, 0.29) is 5.41 Å². The molecule has 0 aromatic rings. The largest absolute Gasteiger partial charge is 0.472 e. The minimum Gasteiger partial charge on any atom is -0.472 e. The Labute approximate surface area is 92.6 Å². The molecule has 84 valence electrons. The summed E-state index contributed by atoms with van der Waals surface area (Å²) in [6, 6.07) is 0. The van der Waals surface area contributed by atoms with Crippen molar-refractivity contribution in [2.45, 2.75) is 27.7 Å². The molecular formula is C9H20NO2PS. The molecule has 1 N–H and O–H groups in total. The quantitative estimate of drug-likeness (QED) is 0.603. The highest BCUT2D eigenvalue weighted by Crippen LogP contribution is 2.59. The van der Waals surface area contributed by atoms with E-state index in [2.05, 4.69) is 32.8 Å². The van der Waals surface area contributed by atoms with E-state index in [9.17, 15) is 0 Å². The molecule has 1 heterocycles. The maximum absolute atomic E-state index is 5.62. The van der Waals surface area contributed by atoms with E-state index in [1.165, 1.54) is 0 Å². The van der Waals surface area contributed by atoms with Gasteiger partial charge in [-0.25, -0.2) is 9.05 Å². The van der Waals surface area contributed by atoms with Crippen LogP contribution in [0.5, 0.6) is 0 Å². The molecule has 1 saturated heterocycles. The maximum atomic E-state index is 5.62. The van der Waals surface area contributed by atoms with Crippen molar-refractivity contribution < 1.29 is 9.05 Å². The van der Waals surface area contributed by atoms with Crippen molar-refractivity contribution in [1.29, 1.82) is 0 Å². The van der Waals surface area contributed by atoms with Crippen LogP contribution in [0.4, 0.5) is 0 Å². The van der Waals surface area contributed by atoms with Crippen molar-refractivity contribution in [2.75, 3.05) is 19.8 Å². The molecule has 0 atom stereocenters. The summed E-state index contributed by atoms with van der Waals surface area (Å²) in [5.41, 5.74) is 0.0990. The molecule has 1 aliphatic rings. The molecule has 0 aromatic carbocycles. The molecule has 0 aromatic heterocycles. The molecule has 0 radical (unpaired) electrons. The van der Waals surface area contributed by atoms with Crippen LogP contribution < -0.4 is 5.09 Å². The van der Waals surface area contributed by atoms with Crippen LogP contribution in [-0.2, 0) is 21.3 Å². The summed E-state index contributed by atoms with van der Waals surface area (Å²) in [7, 11) is -2.16. The molecule has 1 rings (SSSR count). The van der Waals surface area contributed by atoms with Crippen molar-refractivity contribution in [1.82, 2.24) is 5.09 Å². The predicted molar refractivity (Wildman–Crippen MR) is 62.8 cm³/mol. The van der Waals surface area contributed by atoms with E-state index in [4.69, 9.17) is 21.3 Å². The number of hydrogen-bond donors (Lipinski definition) is 1. The van der Waals surface area contributed by atoms with Gasteiger partial charge in [-0.15, -0.1) is 0 Å². The Morgan fingerprint density at radius 2 is 1.86 bits per heavy atom. The molecule has 14 heavy (non-hydrogen) atoms. The lowest BCUT2D eigenvalue weighted by molar-refractivity contribution is 0.0547. The smallest absolute Gasteiger partial charge is 0.228 e. The van der Waals surface area contributed by atoms with Crippen LogP contribution >= 0.6 is 7.07 Å². The monoisotopic (exact) mass is 237 g/mol. The lowest BCUT2D eigenvalue weighted by Gasteiger charge is -2.39. The van der Waals surface area contributed by atoms with Gasteiger partial charge in [0.05, 0.1) is 0 Å². The lowest BCUT2D eigenvalue weighted by Crippen LogP contribution is -2.35. The summed E-state index contributed by atoms with van der Waals surface area (Å²) >= 11 is 5.33. The third kappa shape index (κ3) is 4.03. The van der Waals surface area contributed by atoms with Crippen molar-refractivity contribution in [2.24, 2.45) is 11.3 Å². The topological polar surface area (TPSA) is 30.5 Å². The van der Waals surface area contributed by atoms with E-state index in [1.54, 1.807) is 0 Å². The summed E-state index contributed by atoms with van der Waals surface area (Å²) in [5.74, 6) is 0.567. The van der Waals surface area contributed by atoms with Gasteiger partial charge in [-0.3, -0.25) is 0 Å². The molecule has 5 heteroatoms. The van der Waals surface area contributed by atoms with Crippen LogP contribution in [-0.4, -0.2) is 19.8 Å². The number of hydrogen-bond acceptors (Lipinski definition) is 4. The highest BCUT2D eigenvalue weighted by molar-refractivity contribution is 8.37. The summed E-state index contributed by atoms with van der Waals surface area (Å²) in [5, 5.41) is 3.22. The average Bonchev–Trinajstić information content (AvgIpc) is 2.08. The van der Waals surface area contributed by atoms with Gasteiger partial charge in [-0.1, -0.05) is 27.7 Å². The summed E-state index contributed by atoms with van der Waals surface area (Å²) in [4.78, 5) is 0. The SMILES string of the molecule is CC(C)CN[P+]1([S-])OCC(C)(C)CO1. The van der Waals surface area contributed by atoms with Gasteiger partial charge in [0.25, 0.3) is 0 Å². The Bertz CT molecular complexity index is 184. The standard InChI is InChI=1S/C9H20NO2PS/c1-8(2)5-10-13(14)11-6-9(3,4)7-12-13/h8H,5-7H2,1-4H3,(H,10,14). The Hall–Kier alpha value is 0.660. The molecule has 0 bridgehead atoms. The van der Waals surface area contributed by atoms with E-state index in [0.717, 1.165) is 6.54 Å². The van der Waals surface area contributed by atoms with Gasteiger partial charge < -0.3 is 12.2 Å². The van der Waals surface area contributed by atoms with Gasteiger partial charge in [-0.2, -0.15) is 5.09 Å². The molecule has 0 unspecified atom stereocenters. The molecule has 1 aliphatic heterocycles. The second-order valence-electron chi connectivity index (χ2n) is 4.96. The first kappa shape index (κ1) is 12.7. The second-order valence-corrected chi connectivity index (χ2v) is 8.23. The minimum atomic E-state index is -2.16. The van der Waals surface area contributed by atoms with Crippen LogP contribution in [0, 0.1) is 11.3 Å². The van der Waals surface area contributed by atoms with Gasteiger partial charge in [0.15, 0.2) is 0 Å². The fourth-order valence-electron chi connectivity index (χ4n) is 0.984. The van der Waals surface area contributed by atoms with Gasteiger partial charge in [0, 0.05) is 12.0 Å². The van der Waals surface area contributed by atoms with Crippen LogP contribution in [0.2, 0.25) is 0 Å². The Morgan fingerprint density at radius 1 is 1.36 bits per heavy atom. The highest BCUT2D eigenvalue weighted by Gasteiger charge is 2.38.